The highest BCUT2D eigenvalue weighted by Gasteiger charge is 2.37. The topological polar surface area (TPSA) is 60.2 Å². The van der Waals surface area contributed by atoms with Gasteiger partial charge in [-0.15, -0.1) is 6.58 Å². The quantitative estimate of drug-likeness (QED) is 0.712. The zero-order valence-electron chi connectivity index (χ0n) is 8.65. The summed E-state index contributed by atoms with van der Waals surface area (Å²) in [4.78, 5) is 0. The number of sulfonamides is 1. The highest BCUT2D eigenvalue weighted by molar-refractivity contribution is 7.89. The Morgan fingerprint density at radius 1 is 1.57 bits per heavy atom. The molecule has 1 fully saturated rings. The zero-order valence-corrected chi connectivity index (χ0v) is 9.46. The molecule has 0 aromatic heterocycles. The molecule has 1 rings (SSSR count). The Morgan fingerprint density at radius 3 is 2.43 bits per heavy atom. The van der Waals surface area contributed by atoms with Crippen LogP contribution in [0.5, 0.6) is 0 Å². The maximum Gasteiger partial charge on any atom is 0.212 e. The van der Waals surface area contributed by atoms with Gasteiger partial charge in [0.05, 0.1) is 5.25 Å². The summed E-state index contributed by atoms with van der Waals surface area (Å²) in [7, 11) is -3.39. The van der Waals surface area contributed by atoms with Gasteiger partial charge in [-0.1, -0.05) is 19.4 Å². The van der Waals surface area contributed by atoms with Crippen LogP contribution in [0.25, 0.3) is 0 Å². The molecule has 0 aromatic rings. The predicted octanol–water partition coefficient (Wildman–Crippen LogP) is 1.66. The molecular formula is C10H19NO2S. The molecule has 0 spiro atoms. The van der Waals surface area contributed by atoms with Gasteiger partial charge in [0.2, 0.25) is 10.0 Å². The number of rotatable bonds is 5. The molecule has 3 nitrogen and oxygen atoms in total. The van der Waals surface area contributed by atoms with Gasteiger partial charge < -0.3 is 0 Å². The summed E-state index contributed by atoms with van der Waals surface area (Å²) in [5.74, 6) is 0.368. The zero-order chi connectivity index (χ0) is 10.8. The smallest absolute Gasteiger partial charge is 0.212 e. The normalized spacial score (nSPS) is 22.4. The summed E-state index contributed by atoms with van der Waals surface area (Å²) in [6.07, 6.45) is 5.63. The summed E-state index contributed by atoms with van der Waals surface area (Å²) >= 11 is 0. The Labute approximate surface area is 86.4 Å². The van der Waals surface area contributed by atoms with Gasteiger partial charge in [-0.25, -0.2) is 13.6 Å². The van der Waals surface area contributed by atoms with Gasteiger partial charge in [0, 0.05) is 0 Å². The van der Waals surface area contributed by atoms with Crippen LogP contribution < -0.4 is 5.14 Å². The van der Waals surface area contributed by atoms with Crippen molar-refractivity contribution in [1.29, 1.82) is 0 Å². The minimum atomic E-state index is -3.39. The first-order chi connectivity index (χ1) is 6.46. The van der Waals surface area contributed by atoms with Crippen LogP contribution >= 0.6 is 0 Å². The predicted molar refractivity (Wildman–Crippen MR) is 58.2 cm³/mol. The van der Waals surface area contributed by atoms with E-state index in [4.69, 9.17) is 5.14 Å². The molecule has 0 amide bonds. The lowest BCUT2D eigenvalue weighted by Gasteiger charge is -2.35. The molecule has 2 atom stereocenters. The fourth-order valence-corrected chi connectivity index (χ4v) is 3.79. The first-order valence-corrected chi connectivity index (χ1v) is 6.70. The van der Waals surface area contributed by atoms with Crippen molar-refractivity contribution in [2.45, 2.75) is 37.9 Å². The van der Waals surface area contributed by atoms with E-state index in [9.17, 15) is 8.42 Å². The molecule has 0 radical (unpaired) electrons. The molecule has 1 aliphatic rings. The summed E-state index contributed by atoms with van der Waals surface area (Å²) in [6.45, 7) is 5.57. The molecule has 2 unspecified atom stereocenters. The number of nitrogens with two attached hydrogens (primary N) is 1. The molecule has 0 aromatic carbocycles. The van der Waals surface area contributed by atoms with Crippen molar-refractivity contribution in [1.82, 2.24) is 0 Å². The minimum Gasteiger partial charge on any atom is -0.228 e. The fraction of sp³-hybridized carbons (Fsp3) is 0.800. The van der Waals surface area contributed by atoms with Crippen LogP contribution in [0.1, 0.15) is 32.6 Å². The van der Waals surface area contributed by atoms with Gasteiger partial charge in [-0.05, 0) is 31.1 Å². The maximum atomic E-state index is 11.4. The van der Waals surface area contributed by atoms with Gasteiger partial charge in [-0.2, -0.15) is 0 Å². The Morgan fingerprint density at radius 2 is 2.14 bits per heavy atom. The van der Waals surface area contributed by atoms with E-state index in [0.29, 0.717) is 0 Å². The van der Waals surface area contributed by atoms with E-state index in [0.717, 1.165) is 25.7 Å². The number of primary sulfonamides is 1. The van der Waals surface area contributed by atoms with Crippen LogP contribution in [0.2, 0.25) is 0 Å². The SMILES string of the molecule is C=CCC(C)C(C1CCC1)S(N)(=O)=O. The number of allylic oxidation sites excluding steroid dienone is 1. The van der Waals surface area contributed by atoms with E-state index in [1.54, 1.807) is 6.08 Å². The van der Waals surface area contributed by atoms with Crippen molar-refractivity contribution < 1.29 is 8.42 Å². The van der Waals surface area contributed by atoms with Crippen molar-refractivity contribution in [3.63, 3.8) is 0 Å². The van der Waals surface area contributed by atoms with Crippen molar-refractivity contribution >= 4 is 10.0 Å². The van der Waals surface area contributed by atoms with Crippen LogP contribution in [-0.4, -0.2) is 13.7 Å². The van der Waals surface area contributed by atoms with Gasteiger partial charge >= 0.3 is 0 Å². The minimum absolute atomic E-state index is 0.0906. The van der Waals surface area contributed by atoms with E-state index in [1.807, 2.05) is 6.92 Å². The van der Waals surface area contributed by atoms with Gasteiger partial charge in [-0.3, -0.25) is 0 Å². The summed E-state index contributed by atoms with van der Waals surface area (Å²) < 4.78 is 22.9. The molecule has 0 aliphatic heterocycles. The van der Waals surface area contributed by atoms with Gasteiger partial charge in [0.1, 0.15) is 0 Å². The molecule has 4 heteroatoms. The Bertz CT molecular complexity index is 293. The molecular weight excluding hydrogens is 198 g/mol. The average Bonchev–Trinajstić information content (AvgIpc) is 1.94. The van der Waals surface area contributed by atoms with Crippen LogP contribution in [0.4, 0.5) is 0 Å². The molecule has 0 saturated heterocycles. The lowest BCUT2D eigenvalue weighted by atomic mass is 9.78. The molecule has 1 aliphatic carbocycles. The van der Waals surface area contributed by atoms with Crippen LogP contribution in [0.15, 0.2) is 12.7 Å². The molecule has 1 saturated carbocycles. The van der Waals surface area contributed by atoms with Crippen LogP contribution in [0.3, 0.4) is 0 Å². The van der Waals surface area contributed by atoms with Crippen molar-refractivity contribution in [2.24, 2.45) is 17.0 Å². The van der Waals surface area contributed by atoms with Gasteiger partial charge in [0.15, 0.2) is 0 Å². The van der Waals surface area contributed by atoms with Crippen LogP contribution in [-0.2, 0) is 10.0 Å². The third-order valence-corrected chi connectivity index (χ3v) is 4.70. The highest BCUT2D eigenvalue weighted by Crippen LogP contribution is 2.36. The van der Waals surface area contributed by atoms with Crippen molar-refractivity contribution in [3.05, 3.63) is 12.7 Å². The Hall–Kier alpha value is -0.350. The van der Waals surface area contributed by atoms with Crippen molar-refractivity contribution in [2.75, 3.05) is 0 Å². The standard InChI is InChI=1S/C10H19NO2S/c1-3-5-8(2)10(14(11,12)13)9-6-4-7-9/h3,8-10H,1,4-7H2,2H3,(H2,11,12,13). The maximum absolute atomic E-state index is 11.4. The Balaban J connectivity index is 2.75. The molecule has 14 heavy (non-hydrogen) atoms. The van der Waals surface area contributed by atoms with Crippen LogP contribution in [0, 0.1) is 11.8 Å². The average molecular weight is 217 g/mol. The molecule has 0 bridgehead atoms. The lowest BCUT2D eigenvalue weighted by molar-refractivity contribution is 0.259. The van der Waals surface area contributed by atoms with Gasteiger partial charge in [0.25, 0.3) is 0 Å². The molecule has 2 N–H and O–H groups in total. The van der Waals surface area contributed by atoms with E-state index in [2.05, 4.69) is 6.58 Å². The third kappa shape index (κ3) is 2.58. The van der Waals surface area contributed by atoms with E-state index < -0.39 is 10.0 Å². The third-order valence-electron chi connectivity index (χ3n) is 3.09. The second kappa shape index (κ2) is 4.45. The second-order valence-corrected chi connectivity index (χ2v) is 5.97. The summed E-state index contributed by atoms with van der Waals surface area (Å²) in [5.41, 5.74) is 0. The summed E-state index contributed by atoms with van der Waals surface area (Å²) in [5, 5.41) is 4.89. The first kappa shape index (κ1) is 11.7. The monoisotopic (exact) mass is 217 g/mol. The van der Waals surface area contributed by atoms with E-state index in [1.165, 1.54) is 0 Å². The van der Waals surface area contributed by atoms with E-state index >= 15 is 0 Å². The summed E-state index contributed by atoms with van der Waals surface area (Å²) in [6, 6.07) is 0. The largest absolute Gasteiger partial charge is 0.228 e. The number of hydrogen-bond acceptors (Lipinski definition) is 2. The fourth-order valence-electron chi connectivity index (χ4n) is 2.22. The van der Waals surface area contributed by atoms with Crippen molar-refractivity contribution in [3.8, 4) is 0 Å². The van der Waals surface area contributed by atoms with E-state index in [-0.39, 0.29) is 17.1 Å². The first-order valence-electron chi connectivity index (χ1n) is 5.09. The molecule has 0 heterocycles. The highest BCUT2D eigenvalue weighted by atomic mass is 32.2. The lowest BCUT2D eigenvalue weighted by Crippen LogP contribution is -2.42. The second-order valence-electron chi connectivity index (χ2n) is 4.25. The Kier molecular flexibility index (Phi) is 3.72. The molecule has 82 valence electrons. The number of hydrogen-bond donors (Lipinski definition) is 1.